The van der Waals surface area contributed by atoms with Crippen LogP contribution < -0.4 is 9.47 Å². The zero-order valence-corrected chi connectivity index (χ0v) is 14.3. The highest BCUT2D eigenvalue weighted by Gasteiger charge is 2.33. The quantitative estimate of drug-likeness (QED) is 0.716. The molecule has 2 aliphatic rings. The largest absolute Gasteiger partial charge is 0.454 e. The van der Waals surface area contributed by atoms with Crippen molar-refractivity contribution in [1.82, 2.24) is 9.88 Å². The maximum absolute atomic E-state index is 13.1. The third-order valence-corrected chi connectivity index (χ3v) is 5.41. The van der Waals surface area contributed by atoms with Crippen molar-refractivity contribution in [3.05, 3.63) is 53.0 Å². The van der Waals surface area contributed by atoms with E-state index in [4.69, 9.17) is 9.47 Å². The topological polar surface area (TPSA) is 51.7 Å². The van der Waals surface area contributed by atoms with Crippen molar-refractivity contribution >= 4 is 27.5 Å². The summed E-state index contributed by atoms with van der Waals surface area (Å²) in [5.74, 6) is 1.60. The van der Waals surface area contributed by atoms with Gasteiger partial charge in [0.25, 0.3) is 5.91 Å². The number of thiazole rings is 1. The highest BCUT2D eigenvalue weighted by molar-refractivity contribution is 7.16. The Morgan fingerprint density at radius 2 is 2.04 bits per heavy atom. The Balaban J connectivity index is 1.43. The summed E-state index contributed by atoms with van der Waals surface area (Å²) in [5.41, 5.74) is 4.53. The van der Waals surface area contributed by atoms with Crippen molar-refractivity contribution in [2.24, 2.45) is 0 Å². The lowest BCUT2D eigenvalue weighted by molar-refractivity contribution is 0.0730. The second-order valence-corrected chi connectivity index (χ2v) is 7.27. The van der Waals surface area contributed by atoms with Gasteiger partial charge < -0.3 is 14.4 Å². The van der Waals surface area contributed by atoms with Crippen LogP contribution in [0.3, 0.4) is 0 Å². The SMILES string of the molecule is O=C(c1ccc2ncsc2c1)N(Cc1ccc2c(c1)OCO2)C1CC1. The second-order valence-electron chi connectivity index (χ2n) is 6.39. The number of nitrogens with zero attached hydrogens (tertiary/aromatic N) is 2. The third-order valence-electron chi connectivity index (χ3n) is 4.62. The van der Waals surface area contributed by atoms with Gasteiger partial charge in [-0.15, -0.1) is 11.3 Å². The first-order chi connectivity index (χ1) is 12.3. The Labute approximate surface area is 148 Å². The zero-order valence-electron chi connectivity index (χ0n) is 13.5. The fourth-order valence-electron chi connectivity index (χ4n) is 3.14. The molecule has 126 valence electrons. The van der Waals surface area contributed by atoms with Gasteiger partial charge in [0.2, 0.25) is 6.79 Å². The molecule has 6 heteroatoms. The van der Waals surface area contributed by atoms with Crippen molar-refractivity contribution in [2.75, 3.05) is 6.79 Å². The summed E-state index contributed by atoms with van der Waals surface area (Å²) in [6.07, 6.45) is 2.14. The van der Waals surface area contributed by atoms with Crippen LogP contribution >= 0.6 is 11.3 Å². The highest BCUT2D eigenvalue weighted by Crippen LogP contribution is 2.35. The van der Waals surface area contributed by atoms with Gasteiger partial charge in [-0.1, -0.05) is 6.07 Å². The number of hydrogen-bond donors (Lipinski definition) is 0. The fraction of sp³-hybridized carbons (Fsp3) is 0.263. The third kappa shape index (κ3) is 2.72. The van der Waals surface area contributed by atoms with Crippen LogP contribution in [-0.4, -0.2) is 28.6 Å². The average molecular weight is 352 g/mol. The minimum Gasteiger partial charge on any atom is -0.454 e. The van der Waals surface area contributed by atoms with Crippen molar-refractivity contribution < 1.29 is 14.3 Å². The Kier molecular flexibility index (Phi) is 3.38. The van der Waals surface area contributed by atoms with Gasteiger partial charge in [-0.3, -0.25) is 4.79 Å². The van der Waals surface area contributed by atoms with Crippen molar-refractivity contribution in [3.63, 3.8) is 0 Å². The molecule has 1 fully saturated rings. The number of carbonyl (C=O) groups excluding carboxylic acids is 1. The molecular weight excluding hydrogens is 336 g/mol. The Morgan fingerprint density at radius 1 is 1.16 bits per heavy atom. The maximum Gasteiger partial charge on any atom is 0.254 e. The van der Waals surface area contributed by atoms with Gasteiger partial charge in [0.05, 0.1) is 15.7 Å². The number of ether oxygens (including phenoxy) is 2. The second kappa shape index (κ2) is 5.74. The lowest BCUT2D eigenvalue weighted by Crippen LogP contribution is -2.32. The summed E-state index contributed by atoms with van der Waals surface area (Å²) < 4.78 is 11.9. The van der Waals surface area contributed by atoms with Crippen LogP contribution in [0.4, 0.5) is 0 Å². The van der Waals surface area contributed by atoms with Crippen LogP contribution in [0.1, 0.15) is 28.8 Å². The molecule has 0 N–H and O–H groups in total. The molecule has 0 radical (unpaired) electrons. The fourth-order valence-corrected chi connectivity index (χ4v) is 3.86. The number of carbonyl (C=O) groups is 1. The van der Waals surface area contributed by atoms with E-state index in [1.807, 2.05) is 46.8 Å². The molecule has 1 aromatic heterocycles. The van der Waals surface area contributed by atoms with Crippen molar-refractivity contribution in [1.29, 1.82) is 0 Å². The van der Waals surface area contributed by atoms with Crippen molar-refractivity contribution in [3.8, 4) is 11.5 Å². The summed E-state index contributed by atoms with van der Waals surface area (Å²) in [4.78, 5) is 19.3. The standard InChI is InChI=1S/C19H16N2O3S/c22-19(13-2-5-15-18(8-13)25-10-20-15)21(14-3-4-14)9-12-1-6-16-17(7-12)24-11-23-16/h1-2,5-8,10,14H,3-4,9,11H2. The molecular formula is C19H16N2O3S. The monoisotopic (exact) mass is 352 g/mol. The predicted octanol–water partition coefficient (Wildman–Crippen LogP) is 3.83. The molecule has 1 aliphatic carbocycles. The molecule has 2 heterocycles. The number of fused-ring (bicyclic) bond motifs is 2. The molecule has 1 saturated carbocycles. The number of aromatic nitrogens is 1. The Bertz CT molecular complexity index is 964. The van der Waals surface area contributed by atoms with Crippen LogP contribution in [-0.2, 0) is 6.54 Å². The molecule has 2 aromatic carbocycles. The molecule has 0 bridgehead atoms. The molecule has 1 aliphatic heterocycles. The number of hydrogen-bond acceptors (Lipinski definition) is 5. The highest BCUT2D eigenvalue weighted by atomic mass is 32.1. The van der Waals surface area contributed by atoms with Gasteiger partial charge in [-0.25, -0.2) is 4.98 Å². The van der Waals surface area contributed by atoms with Crippen LogP contribution in [0.15, 0.2) is 41.9 Å². The lowest BCUT2D eigenvalue weighted by Gasteiger charge is -2.23. The minimum absolute atomic E-state index is 0.0791. The molecule has 3 aromatic rings. The summed E-state index contributed by atoms with van der Waals surface area (Å²) in [7, 11) is 0. The van der Waals surface area contributed by atoms with E-state index in [9.17, 15) is 4.79 Å². The first-order valence-corrected chi connectivity index (χ1v) is 9.19. The zero-order chi connectivity index (χ0) is 16.8. The van der Waals surface area contributed by atoms with Gasteiger partial charge in [0.1, 0.15) is 0 Å². The van der Waals surface area contributed by atoms with Gasteiger partial charge in [0.15, 0.2) is 11.5 Å². The Hall–Kier alpha value is -2.60. The van der Waals surface area contributed by atoms with E-state index in [0.717, 1.165) is 45.7 Å². The van der Waals surface area contributed by atoms with Gasteiger partial charge >= 0.3 is 0 Å². The molecule has 0 saturated heterocycles. The van der Waals surface area contributed by atoms with E-state index < -0.39 is 0 Å². The predicted molar refractivity (Wildman–Crippen MR) is 95.1 cm³/mol. The maximum atomic E-state index is 13.1. The van der Waals surface area contributed by atoms with Gasteiger partial charge in [-0.2, -0.15) is 0 Å². The molecule has 0 spiro atoms. The molecule has 0 unspecified atom stereocenters. The first-order valence-electron chi connectivity index (χ1n) is 8.31. The van der Waals surface area contributed by atoms with Gasteiger partial charge in [-0.05, 0) is 48.7 Å². The molecule has 0 atom stereocenters. The van der Waals surface area contributed by atoms with Gasteiger partial charge in [0, 0.05) is 18.2 Å². The molecule has 5 rings (SSSR count). The van der Waals surface area contributed by atoms with E-state index >= 15 is 0 Å². The summed E-state index contributed by atoms with van der Waals surface area (Å²) >= 11 is 1.56. The van der Waals surface area contributed by atoms with E-state index in [2.05, 4.69) is 4.98 Å². The number of benzene rings is 2. The van der Waals surface area contributed by atoms with Crippen LogP contribution in [0, 0.1) is 0 Å². The normalized spacial score (nSPS) is 15.5. The van der Waals surface area contributed by atoms with E-state index in [1.165, 1.54) is 0 Å². The van der Waals surface area contributed by atoms with E-state index in [1.54, 1.807) is 11.3 Å². The first kappa shape index (κ1) is 14.7. The lowest BCUT2D eigenvalue weighted by atomic mass is 10.1. The van der Waals surface area contributed by atoms with E-state index in [-0.39, 0.29) is 12.7 Å². The Morgan fingerprint density at radius 3 is 2.92 bits per heavy atom. The van der Waals surface area contributed by atoms with Crippen LogP contribution in [0.2, 0.25) is 0 Å². The van der Waals surface area contributed by atoms with E-state index in [0.29, 0.717) is 12.6 Å². The number of amides is 1. The summed E-state index contributed by atoms with van der Waals surface area (Å²) in [5, 5.41) is 0. The molecule has 1 amide bonds. The molecule has 25 heavy (non-hydrogen) atoms. The average Bonchev–Trinajstić information content (AvgIpc) is 3.18. The van der Waals surface area contributed by atoms with Crippen LogP contribution in [0.5, 0.6) is 11.5 Å². The smallest absolute Gasteiger partial charge is 0.254 e. The minimum atomic E-state index is 0.0791. The number of rotatable bonds is 4. The summed E-state index contributed by atoms with van der Waals surface area (Å²) in [6.45, 7) is 0.847. The van der Waals surface area contributed by atoms with Crippen molar-refractivity contribution in [2.45, 2.75) is 25.4 Å². The summed E-state index contributed by atoms with van der Waals surface area (Å²) in [6, 6.07) is 12.0. The van der Waals surface area contributed by atoms with Crippen LogP contribution in [0.25, 0.3) is 10.2 Å². The molecule has 5 nitrogen and oxygen atoms in total.